The molecule has 0 aromatic rings. The summed E-state index contributed by atoms with van der Waals surface area (Å²) in [5.41, 5.74) is 0. The lowest BCUT2D eigenvalue weighted by atomic mass is 10.1. The number of fused-ring (bicyclic) bond motifs is 1. The van der Waals surface area contributed by atoms with E-state index in [-0.39, 0.29) is 12.2 Å². The van der Waals surface area contributed by atoms with Gasteiger partial charge in [-0.25, -0.2) is 0 Å². The zero-order chi connectivity index (χ0) is 10.3. The van der Waals surface area contributed by atoms with Crippen LogP contribution in [0, 0.1) is 0 Å². The monoisotopic (exact) mass is 202 g/mol. The van der Waals surface area contributed by atoms with Crippen molar-refractivity contribution in [1.82, 2.24) is 0 Å². The van der Waals surface area contributed by atoms with Crippen molar-refractivity contribution in [1.29, 1.82) is 0 Å². The third-order valence-electron chi connectivity index (χ3n) is 2.41. The van der Waals surface area contributed by atoms with Crippen molar-refractivity contribution in [2.45, 2.75) is 44.2 Å². The number of aldehydes is 1. The molecular formula is C9H14O5. The molecule has 2 saturated heterocycles. The minimum Gasteiger partial charge on any atom is -0.353 e. The fraction of sp³-hybridized carbons (Fsp3) is 0.889. The Labute approximate surface area is 82.3 Å². The summed E-state index contributed by atoms with van der Waals surface area (Å²) >= 11 is 0. The highest BCUT2D eigenvalue weighted by molar-refractivity contribution is 5.58. The molecule has 0 unspecified atom stereocenters. The first-order chi connectivity index (χ1) is 6.57. The molecule has 0 bridgehead atoms. The molecule has 5 nitrogen and oxygen atoms in total. The van der Waals surface area contributed by atoms with E-state index in [1.807, 2.05) is 0 Å². The molecule has 0 aromatic carbocycles. The first-order valence-corrected chi connectivity index (χ1v) is 4.56. The maximum atomic E-state index is 10.7. The molecule has 0 N–H and O–H groups in total. The second-order valence-corrected chi connectivity index (χ2v) is 3.91. The number of carbonyl (C=O) groups excluding carboxylic acids is 1. The molecule has 0 radical (unpaired) electrons. The molecule has 0 spiro atoms. The molecule has 0 aromatic heterocycles. The van der Waals surface area contributed by atoms with Gasteiger partial charge in [-0.1, -0.05) is 0 Å². The second-order valence-electron chi connectivity index (χ2n) is 3.91. The first-order valence-electron chi connectivity index (χ1n) is 4.56. The van der Waals surface area contributed by atoms with Gasteiger partial charge in [-0.15, -0.1) is 0 Å². The maximum absolute atomic E-state index is 10.7. The topological polar surface area (TPSA) is 54.0 Å². The van der Waals surface area contributed by atoms with Gasteiger partial charge in [-0.05, 0) is 13.8 Å². The highest BCUT2D eigenvalue weighted by Gasteiger charge is 2.55. The lowest BCUT2D eigenvalue weighted by molar-refractivity contribution is -0.223. The van der Waals surface area contributed by atoms with E-state index in [0.717, 1.165) is 6.29 Å². The predicted octanol–water partition coefficient (Wildman–Crippen LogP) is 0.0767. The summed E-state index contributed by atoms with van der Waals surface area (Å²) in [5, 5.41) is 0. The predicted molar refractivity (Wildman–Crippen MR) is 45.6 cm³/mol. The molecule has 2 aliphatic heterocycles. The molecule has 0 amide bonds. The van der Waals surface area contributed by atoms with Gasteiger partial charge < -0.3 is 23.7 Å². The third kappa shape index (κ3) is 1.46. The number of methoxy groups -OCH3 is 1. The van der Waals surface area contributed by atoms with E-state index in [1.54, 1.807) is 13.8 Å². The van der Waals surface area contributed by atoms with Crippen LogP contribution in [0.25, 0.3) is 0 Å². The van der Waals surface area contributed by atoms with Crippen molar-refractivity contribution in [2.75, 3.05) is 7.11 Å². The molecule has 2 rings (SSSR count). The minimum absolute atomic E-state index is 0.315. The zero-order valence-electron chi connectivity index (χ0n) is 8.43. The van der Waals surface area contributed by atoms with Crippen LogP contribution in [0.5, 0.6) is 0 Å². The summed E-state index contributed by atoms with van der Waals surface area (Å²) < 4.78 is 21.5. The second kappa shape index (κ2) is 3.27. The van der Waals surface area contributed by atoms with Crippen molar-refractivity contribution in [3.8, 4) is 0 Å². The van der Waals surface area contributed by atoms with Crippen LogP contribution >= 0.6 is 0 Å². The molecule has 2 aliphatic rings. The van der Waals surface area contributed by atoms with Gasteiger partial charge in [0.25, 0.3) is 0 Å². The lowest BCUT2D eigenvalue weighted by Crippen LogP contribution is -2.30. The Balaban J connectivity index is 2.16. The summed E-state index contributed by atoms with van der Waals surface area (Å²) in [7, 11) is 1.52. The van der Waals surface area contributed by atoms with Gasteiger partial charge >= 0.3 is 0 Å². The number of ether oxygens (including phenoxy) is 4. The van der Waals surface area contributed by atoms with Crippen LogP contribution in [0.3, 0.4) is 0 Å². The van der Waals surface area contributed by atoms with Gasteiger partial charge in [0.05, 0.1) is 0 Å². The van der Waals surface area contributed by atoms with Crippen LogP contribution < -0.4 is 0 Å². The zero-order valence-corrected chi connectivity index (χ0v) is 8.43. The van der Waals surface area contributed by atoms with Crippen LogP contribution in [-0.4, -0.2) is 43.8 Å². The fourth-order valence-electron chi connectivity index (χ4n) is 1.89. The van der Waals surface area contributed by atoms with Crippen LogP contribution in [0.4, 0.5) is 0 Å². The lowest BCUT2D eigenvalue weighted by Gasteiger charge is -2.21. The average Bonchev–Trinajstić information content (AvgIpc) is 2.57. The SMILES string of the molecule is CO[C@H]1O[C@@H](C=O)[C@@H]2OC(C)(C)O[C@H]12. The molecule has 14 heavy (non-hydrogen) atoms. The highest BCUT2D eigenvalue weighted by Crippen LogP contribution is 2.38. The van der Waals surface area contributed by atoms with E-state index in [2.05, 4.69) is 0 Å². The summed E-state index contributed by atoms with van der Waals surface area (Å²) in [6, 6.07) is 0. The summed E-state index contributed by atoms with van der Waals surface area (Å²) in [6.45, 7) is 3.61. The minimum atomic E-state index is -0.669. The molecule has 0 aliphatic carbocycles. The fourth-order valence-corrected chi connectivity index (χ4v) is 1.89. The van der Waals surface area contributed by atoms with Crippen LogP contribution in [0.1, 0.15) is 13.8 Å². The Hall–Kier alpha value is -0.490. The summed E-state index contributed by atoms with van der Waals surface area (Å²) in [5.74, 6) is -0.669. The largest absolute Gasteiger partial charge is 0.353 e. The average molecular weight is 202 g/mol. The molecule has 2 fully saturated rings. The summed E-state index contributed by atoms with van der Waals surface area (Å²) in [6.07, 6.45) is -1.05. The number of hydrogen-bond acceptors (Lipinski definition) is 5. The van der Waals surface area contributed by atoms with E-state index in [4.69, 9.17) is 18.9 Å². The van der Waals surface area contributed by atoms with E-state index in [1.165, 1.54) is 7.11 Å². The van der Waals surface area contributed by atoms with Gasteiger partial charge in [-0.2, -0.15) is 0 Å². The highest BCUT2D eigenvalue weighted by atomic mass is 16.8. The van der Waals surface area contributed by atoms with Gasteiger partial charge in [0.2, 0.25) is 0 Å². The van der Waals surface area contributed by atoms with Crippen molar-refractivity contribution < 1.29 is 23.7 Å². The van der Waals surface area contributed by atoms with Gasteiger partial charge in [0.15, 0.2) is 18.4 Å². The Morgan fingerprint density at radius 3 is 2.50 bits per heavy atom. The Bertz CT molecular complexity index is 239. The molecule has 4 atom stereocenters. The van der Waals surface area contributed by atoms with E-state index in [0.29, 0.717) is 0 Å². The van der Waals surface area contributed by atoms with Crippen LogP contribution in [0.15, 0.2) is 0 Å². The Morgan fingerprint density at radius 1 is 1.29 bits per heavy atom. The van der Waals surface area contributed by atoms with E-state index in [9.17, 15) is 4.79 Å². The molecule has 80 valence electrons. The van der Waals surface area contributed by atoms with Gasteiger partial charge in [0.1, 0.15) is 18.3 Å². The van der Waals surface area contributed by atoms with Crippen LogP contribution in [0.2, 0.25) is 0 Å². The number of carbonyl (C=O) groups is 1. The molecule has 2 heterocycles. The third-order valence-corrected chi connectivity index (χ3v) is 2.41. The smallest absolute Gasteiger partial charge is 0.187 e. The Morgan fingerprint density at radius 2 is 1.93 bits per heavy atom. The van der Waals surface area contributed by atoms with Gasteiger partial charge in [-0.3, -0.25) is 0 Å². The molecule has 5 heteroatoms. The van der Waals surface area contributed by atoms with Crippen molar-refractivity contribution >= 4 is 6.29 Å². The molecular weight excluding hydrogens is 188 g/mol. The standard InChI is InChI=1S/C9H14O5/c1-9(2)13-6-5(4-10)12-8(11-3)7(6)14-9/h4-8H,1-3H3/t5-,6-,7-,8-/m0/s1. The molecule has 0 saturated carbocycles. The van der Waals surface area contributed by atoms with E-state index >= 15 is 0 Å². The number of hydrogen-bond donors (Lipinski definition) is 0. The maximum Gasteiger partial charge on any atom is 0.187 e. The normalized spacial score (nSPS) is 45.1. The summed E-state index contributed by atoms with van der Waals surface area (Å²) in [4.78, 5) is 10.7. The van der Waals surface area contributed by atoms with Crippen molar-refractivity contribution in [2.24, 2.45) is 0 Å². The van der Waals surface area contributed by atoms with Crippen molar-refractivity contribution in [3.63, 3.8) is 0 Å². The van der Waals surface area contributed by atoms with Crippen LogP contribution in [-0.2, 0) is 23.7 Å². The van der Waals surface area contributed by atoms with Gasteiger partial charge in [0, 0.05) is 7.11 Å². The quantitative estimate of drug-likeness (QED) is 0.593. The number of rotatable bonds is 2. The Kier molecular flexibility index (Phi) is 2.35. The van der Waals surface area contributed by atoms with Crippen molar-refractivity contribution in [3.05, 3.63) is 0 Å². The van der Waals surface area contributed by atoms with E-state index < -0.39 is 18.2 Å². The first kappa shape index (κ1) is 10.0.